The zero-order valence-corrected chi connectivity index (χ0v) is 15.8. The first-order valence-corrected chi connectivity index (χ1v) is 9.64. The maximum Gasteiger partial charge on any atom is 0.336 e. The Hall–Kier alpha value is -2.59. The van der Waals surface area contributed by atoms with Gasteiger partial charge in [0, 0.05) is 30.1 Å². The molecule has 3 aromatic rings. The third kappa shape index (κ3) is 3.37. The van der Waals surface area contributed by atoms with E-state index in [1.165, 1.54) is 12.5 Å². The van der Waals surface area contributed by atoms with Gasteiger partial charge in [-0.3, -0.25) is 4.90 Å². The molecule has 1 aromatic heterocycles. The smallest absolute Gasteiger partial charge is 0.336 e. The number of nitrogens with zero attached hydrogens (tertiary/aromatic N) is 1. The zero-order chi connectivity index (χ0) is 19.0. The molecule has 2 heterocycles. The van der Waals surface area contributed by atoms with Crippen molar-refractivity contribution in [3.05, 3.63) is 64.5 Å². The lowest BCUT2D eigenvalue weighted by Gasteiger charge is -2.39. The molecule has 1 saturated heterocycles. The molecule has 0 aliphatic carbocycles. The Morgan fingerprint density at radius 1 is 1.07 bits per heavy atom. The highest BCUT2D eigenvalue weighted by Crippen LogP contribution is 2.35. The average Bonchev–Trinajstić information content (AvgIpc) is 2.66. The number of benzene rings is 2. The summed E-state index contributed by atoms with van der Waals surface area (Å²) in [5.41, 5.74) is 2.59. The van der Waals surface area contributed by atoms with Gasteiger partial charge in [0.25, 0.3) is 0 Å². The maximum atomic E-state index is 12.3. The van der Waals surface area contributed by atoms with Gasteiger partial charge in [0.2, 0.25) is 0 Å². The SMILES string of the molecule is C[C@@H]1CCC[C@@H](C)N1Cc1c(O)ccc2c(-c3ccccc3)cc(=O)oc12. The summed E-state index contributed by atoms with van der Waals surface area (Å²) in [6.07, 6.45) is 3.53. The number of aromatic hydroxyl groups is 1. The molecule has 4 heteroatoms. The van der Waals surface area contributed by atoms with Crippen LogP contribution in [0.25, 0.3) is 22.1 Å². The van der Waals surface area contributed by atoms with E-state index in [4.69, 9.17) is 4.42 Å². The Labute approximate surface area is 159 Å². The van der Waals surface area contributed by atoms with Gasteiger partial charge in [-0.15, -0.1) is 0 Å². The molecular formula is C23H25NO3. The van der Waals surface area contributed by atoms with Crippen LogP contribution in [0.5, 0.6) is 5.75 Å². The summed E-state index contributed by atoms with van der Waals surface area (Å²) in [6.45, 7) is 5.03. The standard InChI is InChI=1S/C23H25NO3/c1-15-7-6-8-16(2)24(15)14-20-21(25)12-11-18-19(13-22(26)27-23(18)20)17-9-4-3-5-10-17/h3-5,9-13,15-16,25H,6-8,14H2,1-2H3/t15-,16-/m1/s1. The van der Waals surface area contributed by atoms with Crippen LogP contribution in [0.1, 0.15) is 38.7 Å². The number of hydrogen-bond donors (Lipinski definition) is 1. The number of phenolic OH excluding ortho intramolecular Hbond substituents is 1. The van der Waals surface area contributed by atoms with E-state index in [9.17, 15) is 9.90 Å². The first-order chi connectivity index (χ1) is 13.0. The number of hydrogen-bond acceptors (Lipinski definition) is 4. The molecule has 2 aromatic carbocycles. The van der Waals surface area contributed by atoms with Gasteiger partial charge < -0.3 is 9.52 Å². The van der Waals surface area contributed by atoms with Crippen LogP contribution in [0, 0.1) is 0 Å². The van der Waals surface area contributed by atoms with Gasteiger partial charge in [-0.25, -0.2) is 4.79 Å². The Kier molecular flexibility index (Phi) is 4.75. The van der Waals surface area contributed by atoms with E-state index in [-0.39, 0.29) is 5.75 Å². The topological polar surface area (TPSA) is 53.7 Å². The molecule has 4 rings (SSSR count). The average molecular weight is 363 g/mol. The van der Waals surface area contributed by atoms with Gasteiger partial charge in [-0.2, -0.15) is 0 Å². The van der Waals surface area contributed by atoms with E-state index >= 15 is 0 Å². The predicted molar refractivity (Wildman–Crippen MR) is 108 cm³/mol. The summed E-state index contributed by atoms with van der Waals surface area (Å²) < 4.78 is 5.61. The number of piperidine rings is 1. The van der Waals surface area contributed by atoms with Crippen LogP contribution in [0.15, 0.2) is 57.7 Å². The second kappa shape index (κ2) is 7.20. The minimum Gasteiger partial charge on any atom is -0.507 e. The Morgan fingerprint density at radius 2 is 1.78 bits per heavy atom. The molecule has 0 radical (unpaired) electrons. The normalized spacial score (nSPS) is 20.8. The second-order valence-corrected chi connectivity index (χ2v) is 7.59. The first-order valence-electron chi connectivity index (χ1n) is 9.64. The third-order valence-electron chi connectivity index (χ3n) is 5.79. The number of phenols is 1. The van der Waals surface area contributed by atoms with Crippen molar-refractivity contribution in [2.75, 3.05) is 0 Å². The highest BCUT2D eigenvalue weighted by molar-refractivity contribution is 5.95. The lowest BCUT2D eigenvalue weighted by atomic mass is 9.95. The van der Waals surface area contributed by atoms with E-state index in [0.717, 1.165) is 29.4 Å². The van der Waals surface area contributed by atoms with Gasteiger partial charge in [0.1, 0.15) is 11.3 Å². The van der Waals surface area contributed by atoms with Crippen molar-refractivity contribution in [1.82, 2.24) is 4.90 Å². The largest absolute Gasteiger partial charge is 0.507 e. The van der Waals surface area contributed by atoms with E-state index in [1.54, 1.807) is 6.07 Å². The van der Waals surface area contributed by atoms with Crippen LogP contribution in [0.2, 0.25) is 0 Å². The molecule has 0 saturated carbocycles. The summed E-state index contributed by atoms with van der Waals surface area (Å²) in [6, 6.07) is 15.8. The Morgan fingerprint density at radius 3 is 2.48 bits per heavy atom. The lowest BCUT2D eigenvalue weighted by Crippen LogP contribution is -2.43. The minimum atomic E-state index is -0.395. The summed E-state index contributed by atoms with van der Waals surface area (Å²) in [5, 5.41) is 11.4. The number of fused-ring (bicyclic) bond motifs is 1. The van der Waals surface area contributed by atoms with Gasteiger partial charge in [-0.05, 0) is 49.9 Å². The van der Waals surface area contributed by atoms with Crippen molar-refractivity contribution in [3.63, 3.8) is 0 Å². The van der Waals surface area contributed by atoms with Crippen LogP contribution in [0.4, 0.5) is 0 Å². The minimum absolute atomic E-state index is 0.181. The summed E-state index contributed by atoms with van der Waals surface area (Å²) >= 11 is 0. The van der Waals surface area contributed by atoms with Crippen molar-refractivity contribution < 1.29 is 9.52 Å². The molecule has 1 fully saturated rings. The molecule has 1 N–H and O–H groups in total. The molecule has 27 heavy (non-hydrogen) atoms. The number of likely N-dealkylation sites (tertiary alicyclic amines) is 1. The van der Waals surface area contributed by atoms with Crippen LogP contribution in [0.3, 0.4) is 0 Å². The Balaban J connectivity index is 1.87. The fourth-order valence-electron chi connectivity index (χ4n) is 4.25. The zero-order valence-electron chi connectivity index (χ0n) is 15.8. The van der Waals surface area contributed by atoms with E-state index < -0.39 is 5.63 Å². The van der Waals surface area contributed by atoms with Gasteiger partial charge >= 0.3 is 5.63 Å². The van der Waals surface area contributed by atoms with Crippen molar-refractivity contribution in [3.8, 4) is 16.9 Å². The molecule has 140 valence electrons. The molecule has 4 nitrogen and oxygen atoms in total. The fourth-order valence-corrected chi connectivity index (χ4v) is 4.25. The molecule has 0 unspecified atom stereocenters. The van der Waals surface area contributed by atoms with Crippen molar-refractivity contribution in [1.29, 1.82) is 0 Å². The van der Waals surface area contributed by atoms with Gasteiger partial charge in [-0.1, -0.05) is 36.8 Å². The molecule has 0 bridgehead atoms. The molecule has 0 spiro atoms. The van der Waals surface area contributed by atoms with Crippen molar-refractivity contribution >= 4 is 11.0 Å². The van der Waals surface area contributed by atoms with Crippen LogP contribution < -0.4 is 5.63 Å². The summed E-state index contributed by atoms with van der Waals surface area (Å²) in [7, 11) is 0. The van der Waals surface area contributed by atoms with E-state index in [2.05, 4.69) is 18.7 Å². The monoisotopic (exact) mass is 363 g/mol. The van der Waals surface area contributed by atoms with E-state index in [1.807, 2.05) is 36.4 Å². The van der Waals surface area contributed by atoms with Crippen LogP contribution >= 0.6 is 0 Å². The highest BCUT2D eigenvalue weighted by atomic mass is 16.4. The third-order valence-corrected chi connectivity index (χ3v) is 5.79. The molecule has 2 atom stereocenters. The van der Waals surface area contributed by atoms with Gasteiger partial charge in [0.05, 0.1) is 5.56 Å². The maximum absolute atomic E-state index is 12.3. The van der Waals surface area contributed by atoms with Crippen molar-refractivity contribution in [2.45, 2.75) is 51.7 Å². The number of rotatable bonds is 3. The van der Waals surface area contributed by atoms with Crippen LogP contribution in [-0.4, -0.2) is 22.1 Å². The molecular weight excluding hydrogens is 338 g/mol. The summed E-state index contributed by atoms with van der Waals surface area (Å²) in [4.78, 5) is 14.7. The molecule has 1 aliphatic heterocycles. The first kappa shape index (κ1) is 17.8. The molecule has 0 amide bonds. The predicted octanol–water partition coefficient (Wildman–Crippen LogP) is 4.93. The lowest BCUT2D eigenvalue weighted by molar-refractivity contribution is 0.0945. The van der Waals surface area contributed by atoms with E-state index in [0.29, 0.717) is 29.8 Å². The van der Waals surface area contributed by atoms with Crippen LogP contribution in [-0.2, 0) is 6.54 Å². The van der Waals surface area contributed by atoms with Gasteiger partial charge in [0.15, 0.2) is 0 Å². The highest BCUT2D eigenvalue weighted by Gasteiger charge is 2.27. The Bertz CT molecular complexity index is 999. The van der Waals surface area contributed by atoms with Crippen molar-refractivity contribution in [2.24, 2.45) is 0 Å². The molecule has 1 aliphatic rings. The summed E-state index contributed by atoms with van der Waals surface area (Å²) in [5.74, 6) is 0.181. The fraction of sp³-hybridized carbons (Fsp3) is 0.348. The second-order valence-electron chi connectivity index (χ2n) is 7.59. The quantitative estimate of drug-likeness (QED) is 0.671.